The number of nitrogens with zero attached hydrogens (tertiary/aromatic N) is 2. The van der Waals surface area contributed by atoms with Crippen LogP contribution in [0.3, 0.4) is 0 Å². The third-order valence-corrected chi connectivity index (χ3v) is 6.70. The highest BCUT2D eigenvalue weighted by atomic mass is 35.5. The summed E-state index contributed by atoms with van der Waals surface area (Å²) in [4.78, 5) is 19.6. The van der Waals surface area contributed by atoms with Crippen LogP contribution in [0.15, 0.2) is 48.5 Å². The Hall–Kier alpha value is -2.58. The molecule has 1 fully saturated rings. The molecule has 1 aliphatic rings. The van der Waals surface area contributed by atoms with Crippen molar-refractivity contribution >= 4 is 29.1 Å². The van der Waals surface area contributed by atoms with E-state index in [-0.39, 0.29) is 21.3 Å². The molecule has 3 aromatic rings. The molecule has 35 heavy (non-hydrogen) atoms. The van der Waals surface area contributed by atoms with Gasteiger partial charge in [-0.2, -0.15) is 0 Å². The molecule has 0 spiro atoms. The Balaban J connectivity index is 1.83. The first-order chi connectivity index (χ1) is 16.8. The molecule has 0 aliphatic carbocycles. The second-order valence-corrected chi connectivity index (χ2v) is 9.43. The quantitative estimate of drug-likeness (QED) is 0.474. The van der Waals surface area contributed by atoms with Gasteiger partial charge in [-0.25, -0.2) is 8.78 Å². The molecule has 3 N–H and O–H groups in total. The summed E-state index contributed by atoms with van der Waals surface area (Å²) in [7, 11) is 0. The molecule has 0 radical (unpaired) electrons. The van der Waals surface area contributed by atoms with Gasteiger partial charge in [0, 0.05) is 33.8 Å². The smallest absolute Gasteiger partial charge is 0.231 e. The molecule has 2 aromatic carbocycles. The van der Waals surface area contributed by atoms with E-state index >= 15 is 0 Å². The second-order valence-electron chi connectivity index (χ2n) is 8.61. The van der Waals surface area contributed by atoms with Gasteiger partial charge in [-0.3, -0.25) is 14.7 Å². The maximum atomic E-state index is 14.7. The summed E-state index contributed by atoms with van der Waals surface area (Å²) in [5, 5.41) is 3.95. The number of nitrogens with two attached hydrogens (primary N) is 1. The van der Waals surface area contributed by atoms with Crippen molar-refractivity contribution in [1.82, 2.24) is 15.2 Å². The van der Waals surface area contributed by atoms with Gasteiger partial charge in [-0.05, 0) is 81.0 Å². The third-order valence-electron chi connectivity index (χ3n) is 6.04. The van der Waals surface area contributed by atoms with Gasteiger partial charge in [-0.15, -0.1) is 0 Å². The van der Waals surface area contributed by atoms with Crippen molar-refractivity contribution in [3.8, 4) is 11.3 Å². The molecule has 9 heteroatoms. The Morgan fingerprint density at radius 3 is 2.37 bits per heavy atom. The molecule has 0 bridgehead atoms. The second kappa shape index (κ2) is 11.4. The van der Waals surface area contributed by atoms with Crippen molar-refractivity contribution in [2.24, 2.45) is 5.73 Å². The van der Waals surface area contributed by atoms with Gasteiger partial charge >= 0.3 is 0 Å². The van der Waals surface area contributed by atoms with Crippen molar-refractivity contribution in [2.75, 3.05) is 26.2 Å². The first-order valence-electron chi connectivity index (χ1n) is 11.5. The van der Waals surface area contributed by atoms with Gasteiger partial charge in [0.15, 0.2) is 0 Å². The van der Waals surface area contributed by atoms with Crippen LogP contribution >= 0.6 is 23.2 Å². The molecule has 5 nitrogen and oxygen atoms in total. The molecule has 1 aliphatic heterocycles. The largest absolute Gasteiger partial charge is 0.369 e. The van der Waals surface area contributed by atoms with Crippen molar-refractivity contribution in [3.63, 3.8) is 0 Å². The molecule has 1 unspecified atom stereocenters. The Labute approximate surface area is 213 Å². The van der Waals surface area contributed by atoms with Crippen LogP contribution in [0.4, 0.5) is 8.78 Å². The number of carbonyl (C=O) groups excluding carboxylic acids is 1. The minimum absolute atomic E-state index is 0.125. The lowest BCUT2D eigenvalue weighted by Gasteiger charge is -2.26. The lowest BCUT2D eigenvalue weighted by atomic mass is 9.92. The number of benzene rings is 2. The van der Waals surface area contributed by atoms with E-state index in [9.17, 15) is 13.6 Å². The molecule has 1 aromatic heterocycles. The lowest BCUT2D eigenvalue weighted by Crippen LogP contribution is -2.33. The summed E-state index contributed by atoms with van der Waals surface area (Å²) in [5.74, 6) is -3.17. The molecule has 1 atom stereocenters. The van der Waals surface area contributed by atoms with Crippen LogP contribution in [-0.4, -0.2) is 42.0 Å². The van der Waals surface area contributed by atoms with E-state index in [1.807, 2.05) is 0 Å². The van der Waals surface area contributed by atoms with Crippen molar-refractivity contribution in [1.29, 1.82) is 0 Å². The van der Waals surface area contributed by atoms with E-state index in [1.165, 1.54) is 12.1 Å². The summed E-state index contributed by atoms with van der Waals surface area (Å²) < 4.78 is 28.3. The zero-order chi connectivity index (χ0) is 24.9. The van der Waals surface area contributed by atoms with Crippen molar-refractivity contribution in [3.05, 3.63) is 87.0 Å². The van der Waals surface area contributed by atoms with Gasteiger partial charge in [0.25, 0.3) is 0 Å². The SMILES string of the molecule is NC(=O)C(c1cc(CN2CCCNCCC2)cc(-c2ccc(F)cc2F)n1)c1c(Cl)cccc1Cl. The van der Waals surface area contributed by atoms with Crippen LogP contribution in [0.2, 0.25) is 10.0 Å². The average Bonchev–Trinajstić information content (AvgIpc) is 2.77. The number of hydrogen-bond donors (Lipinski definition) is 2. The molecule has 4 rings (SSSR count). The normalized spacial score (nSPS) is 15.9. The number of halogens is 4. The first-order valence-corrected chi connectivity index (χ1v) is 12.2. The van der Waals surface area contributed by atoms with Crippen LogP contribution in [0.25, 0.3) is 11.3 Å². The van der Waals surface area contributed by atoms with Crippen LogP contribution in [-0.2, 0) is 11.3 Å². The maximum absolute atomic E-state index is 14.7. The van der Waals surface area contributed by atoms with E-state index in [0.29, 0.717) is 17.8 Å². The van der Waals surface area contributed by atoms with Gasteiger partial charge < -0.3 is 11.1 Å². The highest BCUT2D eigenvalue weighted by Crippen LogP contribution is 2.36. The van der Waals surface area contributed by atoms with E-state index in [4.69, 9.17) is 28.9 Å². The molecule has 2 heterocycles. The number of pyridine rings is 1. The number of nitrogens with one attached hydrogen (secondary N) is 1. The fourth-order valence-corrected chi connectivity index (χ4v) is 5.03. The summed E-state index contributed by atoms with van der Waals surface area (Å²) in [5.41, 5.74) is 7.69. The maximum Gasteiger partial charge on any atom is 0.231 e. The van der Waals surface area contributed by atoms with Crippen molar-refractivity contribution < 1.29 is 13.6 Å². The van der Waals surface area contributed by atoms with Gasteiger partial charge in [0.2, 0.25) is 5.91 Å². The van der Waals surface area contributed by atoms with Crippen molar-refractivity contribution in [2.45, 2.75) is 25.3 Å². The number of carbonyl (C=O) groups is 1. The Kier molecular flexibility index (Phi) is 8.34. The van der Waals surface area contributed by atoms with Crippen LogP contribution in [0.1, 0.15) is 35.6 Å². The molecule has 1 amide bonds. The van der Waals surface area contributed by atoms with Gasteiger partial charge in [0.1, 0.15) is 17.6 Å². The van der Waals surface area contributed by atoms with E-state index in [2.05, 4.69) is 15.2 Å². The molecule has 1 saturated heterocycles. The first kappa shape index (κ1) is 25.5. The number of primary amides is 1. The van der Waals surface area contributed by atoms with E-state index in [1.54, 1.807) is 30.3 Å². The predicted octanol–water partition coefficient (Wildman–Crippen LogP) is 5.14. The molecule has 184 valence electrons. The minimum atomic E-state index is -1.05. The number of aromatic nitrogens is 1. The fourth-order valence-electron chi connectivity index (χ4n) is 4.42. The standard InChI is InChI=1S/C26H26Cl2F2N4O/c27-19-4-1-5-20(28)24(19)25(26(31)35)23-13-16(15-34-10-2-8-32-9-3-11-34)12-22(33-23)18-7-6-17(29)14-21(18)30/h1,4-7,12-14,25,32H,2-3,8-11,15H2,(H2,31,35). The van der Waals surface area contributed by atoms with Gasteiger partial charge in [0.05, 0.1) is 11.4 Å². The van der Waals surface area contributed by atoms with Crippen LogP contribution in [0, 0.1) is 11.6 Å². The summed E-state index contributed by atoms with van der Waals surface area (Å²) >= 11 is 12.8. The molecule has 0 saturated carbocycles. The monoisotopic (exact) mass is 518 g/mol. The molecular weight excluding hydrogens is 493 g/mol. The van der Waals surface area contributed by atoms with E-state index in [0.717, 1.165) is 50.7 Å². The van der Waals surface area contributed by atoms with Gasteiger partial charge in [-0.1, -0.05) is 29.3 Å². The van der Waals surface area contributed by atoms with Crippen LogP contribution in [0.5, 0.6) is 0 Å². The summed E-state index contributed by atoms with van der Waals surface area (Å²) in [6.45, 7) is 4.24. The number of rotatable bonds is 6. The highest BCUT2D eigenvalue weighted by molar-refractivity contribution is 6.36. The lowest BCUT2D eigenvalue weighted by molar-refractivity contribution is -0.118. The number of hydrogen-bond acceptors (Lipinski definition) is 4. The topological polar surface area (TPSA) is 71.2 Å². The zero-order valence-electron chi connectivity index (χ0n) is 19.0. The number of amides is 1. The zero-order valence-corrected chi connectivity index (χ0v) is 20.5. The summed E-state index contributed by atoms with van der Waals surface area (Å²) in [6, 6.07) is 11.8. The summed E-state index contributed by atoms with van der Waals surface area (Å²) in [6.07, 6.45) is 1.99. The highest BCUT2D eigenvalue weighted by Gasteiger charge is 2.28. The van der Waals surface area contributed by atoms with Crippen LogP contribution < -0.4 is 11.1 Å². The molecular formula is C26H26Cl2F2N4O. The predicted molar refractivity (Wildman–Crippen MR) is 134 cm³/mol. The Bertz CT molecular complexity index is 1200. The van der Waals surface area contributed by atoms with E-state index < -0.39 is 23.5 Å². The Morgan fingerprint density at radius 1 is 1.06 bits per heavy atom. The third kappa shape index (κ3) is 6.16. The average molecular weight is 519 g/mol. The fraction of sp³-hybridized carbons (Fsp3) is 0.308. The Morgan fingerprint density at radius 2 is 1.74 bits per heavy atom. The minimum Gasteiger partial charge on any atom is -0.369 e.